The third-order valence-corrected chi connectivity index (χ3v) is 7.58. The molecule has 0 unspecified atom stereocenters. The van der Waals surface area contributed by atoms with E-state index >= 15 is 0 Å². The molecule has 0 saturated heterocycles. The fourth-order valence-corrected chi connectivity index (χ4v) is 4.90. The molecule has 1 aliphatic rings. The van der Waals surface area contributed by atoms with Gasteiger partial charge in [-0.2, -0.15) is 9.40 Å². The van der Waals surface area contributed by atoms with Crippen molar-refractivity contribution in [3.63, 3.8) is 0 Å². The standard InChI is InChI=1S/C23H27N3O5S/c1-30-20-7-3-18(4-8-20)14-25(15-19-5-9-21(31-2)10-6-19)32(28,29)22-13-24-26(16-22)23(17-27)11-12-23/h3-10,13,16,27H,11-12,14-15,17H2,1-2H3. The van der Waals surface area contributed by atoms with Crippen LogP contribution in [0.25, 0.3) is 0 Å². The molecular formula is C23H27N3O5S. The van der Waals surface area contributed by atoms with Gasteiger partial charge >= 0.3 is 0 Å². The molecular weight excluding hydrogens is 430 g/mol. The molecule has 0 spiro atoms. The van der Waals surface area contributed by atoms with Gasteiger partial charge in [-0.25, -0.2) is 8.42 Å². The molecule has 9 heteroatoms. The highest BCUT2D eigenvalue weighted by Gasteiger charge is 2.45. The summed E-state index contributed by atoms with van der Waals surface area (Å²) in [4.78, 5) is 0.110. The summed E-state index contributed by atoms with van der Waals surface area (Å²) in [6.45, 7) is 0.318. The van der Waals surface area contributed by atoms with Gasteiger partial charge in [0.2, 0.25) is 10.0 Å². The molecule has 170 valence electrons. The second kappa shape index (κ2) is 8.93. The van der Waals surface area contributed by atoms with Crippen LogP contribution in [-0.2, 0) is 28.7 Å². The molecule has 1 saturated carbocycles. The highest BCUT2D eigenvalue weighted by atomic mass is 32.2. The van der Waals surface area contributed by atoms with Crippen LogP contribution in [0.3, 0.4) is 0 Å². The van der Waals surface area contributed by atoms with Gasteiger partial charge in [0.15, 0.2) is 0 Å². The third-order valence-electron chi connectivity index (χ3n) is 5.84. The smallest absolute Gasteiger partial charge is 0.246 e. The minimum atomic E-state index is -3.84. The summed E-state index contributed by atoms with van der Waals surface area (Å²) in [6, 6.07) is 14.6. The highest BCUT2D eigenvalue weighted by molar-refractivity contribution is 7.89. The first-order chi connectivity index (χ1) is 15.4. The first-order valence-corrected chi connectivity index (χ1v) is 11.8. The highest BCUT2D eigenvalue weighted by Crippen LogP contribution is 2.42. The molecule has 1 aliphatic carbocycles. The van der Waals surface area contributed by atoms with Crippen molar-refractivity contribution in [3.8, 4) is 11.5 Å². The van der Waals surface area contributed by atoms with Gasteiger partial charge in [0.05, 0.1) is 32.6 Å². The molecule has 0 bridgehead atoms. The lowest BCUT2D eigenvalue weighted by atomic mass is 10.2. The van der Waals surface area contributed by atoms with Gasteiger partial charge in [-0.15, -0.1) is 0 Å². The lowest BCUT2D eigenvalue weighted by molar-refractivity contribution is 0.202. The summed E-state index contributed by atoms with van der Waals surface area (Å²) >= 11 is 0. The van der Waals surface area contributed by atoms with E-state index in [-0.39, 0.29) is 24.6 Å². The van der Waals surface area contributed by atoms with Crippen molar-refractivity contribution >= 4 is 10.0 Å². The fraction of sp³-hybridized carbons (Fsp3) is 0.348. The maximum absolute atomic E-state index is 13.6. The molecule has 0 amide bonds. The number of methoxy groups -OCH3 is 2. The maximum atomic E-state index is 13.6. The van der Waals surface area contributed by atoms with E-state index in [1.165, 1.54) is 16.7 Å². The van der Waals surface area contributed by atoms with Crippen LogP contribution in [0.2, 0.25) is 0 Å². The van der Waals surface area contributed by atoms with Gasteiger partial charge in [0, 0.05) is 19.3 Å². The number of nitrogens with zero attached hydrogens (tertiary/aromatic N) is 3. The van der Waals surface area contributed by atoms with E-state index < -0.39 is 15.6 Å². The molecule has 3 aromatic rings. The Morgan fingerprint density at radius 3 is 1.88 bits per heavy atom. The van der Waals surface area contributed by atoms with Crippen LogP contribution in [0.4, 0.5) is 0 Å². The van der Waals surface area contributed by atoms with Crippen LogP contribution in [0, 0.1) is 0 Å². The van der Waals surface area contributed by atoms with Crippen LogP contribution in [0.15, 0.2) is 65.8 Å². The number of hydrogen-bond donors (Lipinski definition) is 1. The van der Waals surface area contributed by atoms with Crippen LogP contribution >= 0.6 is 0 Å². The first kappa shape index (κ1) is 22.3. The maximum Gasteiger partial charge on any atom is 0.246 e. The van der Waals surface area contributed by atoms with Gasteiger partial charge in [0.1, 0.15) is 16.4 Å². The number of ether oxygens (including phenoxy) is 2. The molecule has 32 heavy (non-hydrogen) atoms. The number of aromatic nitrogens is 2. The Morgan fingerprint density at radius 2 is 1.47 bits per heavy atom. The molecule has 1 aromatic heterocycles. The Labute approximate surface area is 188 Å². The Hall–Kier alpha value is -2.88. The Bertz CT molecular complexity index is 1100. The van der Waals surface area contributed by atoms with Crippen molar-refractivity contribution in [2.45, 2.75) is 36.4 Å². The van der Waals surface area contributed by atoms with Crippen LogP contribution in [0.5, 0.6) is 11.5 Å². The predicted octanol–water partition coefficient (Wildman–Crippen LogP) is 2.77. The van der Waals surface area contributed by atoms with E-state index in [1.54, 1.807) is 18.9 Å². The van der Waals surface area contributed by atoms with Crippen LogP contribution in [-0.4, -0.2) is 48.4 Å². The zero-order valence-corrected chi connectivity index (χ0v) is 19.0. The van der Waals surface area contributed by atoms with Gasteiger partial charge in [-0.05, 0) is 48.2 Å². The molecule has 1 heterocycles. The predicted molar refractivity (Wildman–Crippen MR) is 119 cm³/mol. The van der Waals surface area contributed by atoms with E-state index in [9.17, 15) is 13.5 Å². The van der Waals surface area contributed by atoms with E-state index in [4.69, 9.17) is 9.47 Å². The normalized spacial score (nSPS) is 15.0. The van der Waals surface area contributed by atoms with Gasteiger partial charge in [-0.1, -0.05) is 24.3 Å². The van der Waals surface area contributed by atoms with Crippen molar-refractivity contribution in [2.75, 3.05) is 20.8 Å². The molecule has 2 aromatic carbocycles. The third kappa shape index (κ3) is 4.50. The number of benzene rings is 2. The second-order valence-corrected chi connectivity index (χ2v) is 9.91. The summed E-state index contributed by atoms with van der Waals surface area (Å²) in [5.41, 5.74) is 1.21. The fourth-order valence-electron chi connectivity index (χ4n) is 3.55. The zero-order chi connectivity index (χ0) is 22.8. The zero-order valence-electron chi connectivity index (χ0n) is 18.1. The lowest BCUT2D eigenvalue weighted by Gasteiger charge is -2.22. The largest absolute Gasteiger partial charge is 0.497 e. The Balaban J connectivity index is 1.64. The minimum Gasteiger partial charge on any atom is -0.497 e. The topological polar surface area (TPSA) is 93.9 Å². The molecule has 4 rings (SSSR count). The van der Waals surface area contributed by atoms with Gasteiger partial charge < -0.3 is 14.6 Å². The van der Waals surface area contributed by atoms with Crippen molar-refractivity contribution in [1.29, 1.82) is 0 Å². The first-order valence-electron chi connectivity index (χ1n) is 10.3. The molecule has 0 radical (unpaired) electrons. The van der Waals surface area contributed by atoms with Crippen molar-refractivity contribution < 1.29 is 23.0 Å². The van der Waals surface area contributed by atoms with Gasteiger partial charge in [-0.3, -0.25) is 4.68 Å². The molecule has 0 aliphatic heterocycles. The SMILES string of the molecule is COc1ccc(CN(Cc2ccc(OC)cc2)S(=O)(=O)c2cnn(C3(CO)CC3)c2)cc1. The van der Waals surface area contributed by atoms with Gasteiger partial charge in [0.25, 0.3) is 0 Å². The number of sulfonamides is 1. The Kier molecular flexibility index (Phi) is 6.23. The minimum absolute atomic E-state index is 0.0599. The summed E-state index contributed by atoms with van der Waals surface area (Å²) in [7, 11) is -0.664. The molecule has 0 atom stereocenters. The summed E-state index contributed by atoms with van der Waals surface area (Å²) in [5, 5.41) is 13.9. The van der Waals surface area contributed by atoms with Crippen molar-refractivity contribution in [1.82, 2.24) is 14.1 Å². The van der Waals surface area contributed by atoms with E-state index in [0.717, 1.165) is 24.0 Å². The van der Waals surface area contributed by atoms with Crippen molar-refractivity contribution in [3.05, 3.63) is 72.1 Å². The number of aliphatic hydroxyl groups excluding tert-OH is 1. The second-order valence-electron chi connectivity index (χ2n) is 7.97. The number of rotatable bonds is 10. The van der Waals surface area contributed by atoms with E-state index in [0.29, 0.717) is 11.5 Å². The number of hydrogen-bond acceptors (Lipinski definition) is 6. The monoisotopic (exact) mass is 457 g/mol. The molecule has 1 N–H and O–H groups in total. The van der Waals surface area contributed by atoms with Crippen LogP contribution < -0.4 is 9.47 Å². The number of aliphatic hydroxyl groups is 1. The van der Waals surface area contributed by atoms with Crippen molar-refractivity contribution in [2.24, 2.45) is 0 Å². The average molecular weight is 458 g/mol. The average Bonchev–Trinajstić information content (AvgIpc) is 3.45. The Morgan fingerprint density at radius 1 is 0.969 bits per heavy atom. The summed E-state index contributed by atoms with van der Waals surface area (Å²) in [6.07, 6.45) is 4.45. The summed E-state index contributed by atoms with van der Waals surface area (Å²) in [5.74, 6) is 1.41. The quantitative estimate of drug-likeness (QED) is 0.503. The lowest BCUT2D eigenvalue weighted by Crippen LogP contribution is -2.30. The molecule has 1 fully saturated rings. The van der Waals surface area contributed by atoms with E-state index in [1.807, 2.05) is 48.5 Å². The summed E-state index contributed by atoms with van der Waals surface area (Å²) < 4.78 is 40.6. The van der Waals surface area contributed by atoms with Crippen LogP contribution in [0.1, 0.15) is 24.0 Å². The van der Waals surface area contributed by atoms with E-state index in [2.05, 4.69) is 5.10 Å². The molecule has 8 nitrogen and oxygen atoms in total.